The van der Waals surface area contributed by atoms with E-state index < -0.39 is 35.2 Å². The van der Waals surface area contributed by atoms with Gasteiger partial charge in [-0.15, -0.1) is 0 Å². The summed E-state index contributed by atoms with van der Waals surface area (Å²) in [7, 11) is 0.941. The Morgan fingerprint density at radius 2 is 1.86 bits per heavy atom. The van der Waals surface area contributed by atoms with Crippen LogP contribution in [-0.4, -0.2) is 30.7 Å². The molecule has 35 heavy (non-hydrogen) atoms. The van der Waals surface area contributed by atoms with Crippen LogP contribution in [0.3, 0.4) is 0 Å². The summed E-state index contributed by atoms with van der Waals surface area (Å²) in [6.45, 7) is 3.20. The predicted molar refractivity (Wildman–Crippen MR) is 123 cm³/mol. The van der Waals surface area contributed by atoms with Crippen molar-refractivity contribution in [3.63, 3.8) is 0 Å². The van der Waals surface area contributed by atoms with Crippen LogP contribution >= 0.6 is 11.5 Å². The van der Waals surface area contributed by atoms with Crippen LogP contribution in [-0.2, 0) is 18.0 Å². The maximum atomic E-state index is 13.2. The molecule has 1 atom stereocenters. The van der Waals surface area contributed by atoms with Gasteiger partial charge < -0.3 is 9.84 Å². The van der Waals surface area contributed by atoms with Crippen molar-refractivity contribution in [3.8, 4) is 22.7 Å². The molecule has 4 rings (SSSR count). The fraction of sp³-hybridized carbons (Fsp3) is 0.217. The highest BCUT2D eigenvalue weighted by atomic mass is 32.1. The summed E-state index contributed by atoms with van der Waals surface area (Å²) in [5.74, 6) is -0.875. The molecule has 0 fully saturated rings. The number of nitrogens with zero attached hydrogens (tertiary/aromatic N) is 3. The minimum absolute atomic E-state index is 0.0618. The summed E-state index contributed by atoms with van der Waals surface area (Å²) in [6, 6.07) is 10.1. The van der Waals surface area contributed by atoms with Crippen molar-refractivity contribution in [3.05, 3.63) is 74.6 Å². The first-order chi connectivity index (χ1) is 16.4. The minimum Gasteiger partial charge on any atom is -0.479 e. The van der Waals surface area contributed by atoms with Crippen LogP contribution in [0.2, 0.25) is 0 Å². The van der Waals surface area contributed by atoms with Crippen LogP contribution in [0.4, 0.5) is 13.2 Å². The Morgan fingerprint density at radius 1 is 1.14 bits per heavy atom. The van der Waals surface area contributed by atoms with Gasteiger partial charge in [-0.3, -0.25) is 9.36 Å². The maximum Gasteiger partial charge on any atom is 0.431 e. The topological polar surface area (TPSA) is 103 Å². The quantitative estimate of drug-likeness (QED) is 0.440. The number of halogens is 3. The molecule has 0 saturated carbocycles. The Morgan fingerprint density at radius 3 is 2.51 bits per heavy atom. The zero-order chi connectivity index (χ0) is 25.7. The highest BCUT2D eigenvalue weighted by molar-refractivity contribution is 7.13. The van der Waals surface area contributed by atoms with E-state index in [2.05, 4.69) is 4.37 Å². The van der Waals surface area contributed by atoms with Crippen molar-refractivity contribution >= 4 is 27.6 Å². The number of carboxylic acids is 1. The zero-order valence-corrected chi connectivity index (χ0v) is 19.4. The Kier molecular flexibility index (Phi) is 6.01. The Hall–Kier alpha value is -3.93. The fourth-order valence-electron chi connectivity index (χ4n) is 3.56. The molecule has 1 unspecified atom stereocenters. The van der Waals surface area contributed by atoms with Gasteiger partial charge in [-0.2, -0.15) is 17.5 Å². The van der Waals surface area contributed by atoms with Gasteiger partial charge >= 0.3 is 17.8 Å². The van der Waals surface area contributed by atoms with Crippen LogP contribution in [0, 0.1) is 6.92 Å². The normalized spacial score (nSPS) is 12.6. The van der Waals surface area contributed by atoms with Crippen molar-refractivity contribution in [1.29, 1.82) is 0 Å². The third kappa shape index (κ3) is 4.44. The lowest BCUT2D eigenvalue weighted by atomic mass is 10.0. The van der Waals surface area contributed by atoms with E-state index in [4.69, 9.17) is 4.74 Å². The monoisotopic (exact) mass is 505 g/mol. The molecule has 2 aromatic heterocycles. The van der Waals surface area contributed by atoms with Gasteiger partial charge in [0.05, 0.1) is 16.1 Å². The number of aliphatic carboxylic acids is 1. The first-order valence-electron chi connectivity index (χ1n) is 10.2. The molecule has 1 N–H and O–H groups in total. The van der Waals surface area contributed by atoms with Crippen molar-refractivity contribution in [1.82, 2.24) is 13.5 Å². The Labute approximate surface area is 199 Å². The molecule has 182 valence electrons. The third-order valence-electron chi connectivity index (χ3n) is 5.37. The first-order valence-corrected chi connectivity index (χ1v) is 11.0. The summed E-state index contributed by atoms with van der Waals surface area (Å²) < 4.78 is 51.3. The van der Waals surface area contributed by atoms with Crippen molar-refractivity contribution in [2.24, 2.45) is 7.05 Å². The van der Waals surface area contributed by atoms with Gasteiger partial charge in [0.2, 0.25) is 0 Å². The number of aromatic nitrogens is 3. The average molecular weight is 505 g/mol. The summed E-state index contributed by atoms with van der Waals surface area (Å²) >= 11 is 1.13. The highest BCUT2D eigenvalue weighted by Gasteiger charge is 2.35. The summed E-state index contributed by atoms with van der Waals surface area (Å²) in [5, 5.41) is 9.75. The molecule has 0 amide bonds. The number of alkyl halides is 3. The minimum atomic E-state index is -4.87. The molecule has 0 radical (unpaired) electrons. The van der Waals surface area contributed by atoms with E-state index >= 15 is 0 Å². The van der Waals surface area contributed by atoms with E-state index in [-0.39, 0.29) is 11.4 Å². The number of benzene rings is 2. The van der Waals surface area contributed by atoms with Gasteiger partial charge in [0.1, 0.15) is 11.4 Å². The molecule has 12 heteroatoms. The number of carboxylic acid groups (broad SMARTS) is 1. The predicted octanol–water partition coefficient (Wildman–Crippen LogP) is 3.99. The van der Waals surface area contributed by atoms with E-state index in [1.807, 2.05) is 6.92 Å². The van der Waals surface area contributed by atoms with Gasteiger partial charge in [0, 0.05) is 24.1 Å². The van der Waals surface area contributed by atoms with E-state index in [0.29, 0.717) is 36.5 Å². The molecule has 0 aliphatic carbocycles. The summed E-state index contributed by atoms with van der Waals surface area (Å²) in [5.41, 5.74) is -1.84. The lowest BCUT2D eigenvalue weighted by molar-refractivity contribution is -0.144. The smallest absolute Gasteiger partial charge is 0.431 e. The van der Waals surface area contributed by atoms with Crippen LogP contribution < -0.4 is 16.0 Å². The second-order valence-corrected chi connectivity index (χ2v) is 8.66. The van der Waals surface area contributed by atoms with Gasteiger partial charge in [-0.25, -0.2) is 14.2 Å². The third-order valence-corrected chi connectivity index (χ3v) is 6.19. The number of hydrogen-bond donors (Lipinski definition) is 1. The largest absolute Gasteiger partial charge is 0.479 e. The molecule has 8 nitrogen and oxygen atoms in total. The summed E-state index contributed by atoms with van der Waals surface area (Å²) in [6.07, 6.45) is -6.00. The standard InChI is InChI=1S/C23H18F3N3O5S/c1-11-4-6-14(16(8-11)34-12(2)21(31)32)20-15-9-13(5-7-17(15)35-27-20)29-19(30)10-18(23(24,25)26)28(3)22(29)33/h4-10,12H,1-3H3,(H,31,32). The van der Waals surface area contributed by atoms with Crippen LogP contribution in [0.25, 0.3) is 27.0 Å². The van der Waals surface area contributed by atoms with Gasteiger partial charge in [0.15, 0.2) is 6.10 Å². The number of carbonyl (C=O) groups is 1. The second-order valence-electron chi connectivity index (χ2n) is 7.85. The molecule has 0 saturated heterocycles. The van der Waals surface area contributed by atoms with Crippen LogP contribution in [0.15, 0.2) is 52.1 Å². The van der Waals surface area contributed by atoms with Gasteiger partial charge in [-0.1, -0.05) is 6.07 Å². The molecule has 2 aromatic carbocycles. The zero-order valence-electron chi connectivity index (χ0n) is 18.6. The van der Waals surface area contributed by atoms with E-state index in [1.54, 1.807) is 24.3 Å². The molecule has 0 bridgehead atoms. The first kappa shape index (κ1) is 24.2. The molecule has 0 spiro atoms. The average Bonchev–Trinajstić information content (AvgIpc) is 3.19. The lowest BCUT2D eigenvalue weighted by Gasteiger charge is -2.15. The van der Waals surface area contributed by atoms with E-state index in [0.717, 1.165) is 24.1 Å². The molecule has 0 aliphatic heterocycles. The number of aryl methyl sites for hydroxylation is 1. The number of fused-ring (bicyclic) bond motifs is 1. The van der Waals surface area contributed by atoms with Crippen molar-refractivity contribution in [2.75, 3.05) is 0 Å². The highest BCUT2D eigenvalue weighted by Crippen LogP contribution is 2.38. The van der Waals surface area contributed by atoms with Crippen molar-refractivity contribution in [2.45, 2.75) is 26.1 Å². The molecule has 2 heterocycles. The maximum absolute atomic E-state index is 13.2. The van der Waals surface area contributed by atoms with E-state index in [1.165, 1.54) is 19.1 Å². The SMILES string of the molecule is Cc1ccc(-c2nsc3ccc(-n4c(=O)cc(C(F)(F)F)n(C)c4=O)cc23)c(OC(C)C(=O)O)c1. The number of ether oxygens (including phenoxy) is 1. The molecular formula is C23H18F3N3O5S. The van der Waals surface area contributed by atoms with E-state index in [9.17, 15) is 32.7 Å². The molecular weight excluding hydrogens is 487 g/mol. The Balaban J connectivity index is 1.90. The fourth-order valence-corrected chi connectivity index (χ4v) is 4.33. The Bertz CT molecular complexity index is 1590. The van der Waals surface area contributed by atoms with Crippen LogP contribution in [0.1, 0.15) is 18.2 Å². The summed E-state index contributed by atoms with van der Waals surface area (Å²) in [4.78, 5) is 36.5. The second kappa shape index (κ2) is 8.69. The van der Waals surface area contributed by atoms with Crippen molar-refractivity contribution < 1.29 is 27.8 Å². The van der Waals surface area contributed by atoms with Gasteiger partial charge in [-0.05, 0) is 61.3 Å². The van der Waals surface area contributed by atoms with Crippen LogP contribution in [0.5, 0.6) is 5.75 Å². The molecule has 0 aliphatic rings. The number of hydrogen-bond acceptors (Lipinski definition) is 6. The lowest BCUT2D eigenvalue weighted by Crippen LogP contribution is -2.40. The molecule has 4 aromatic rings. The number of rotatable bonds is 5. The van der Waals surface area contributed by atoms with Gasteiger partial charge in [0.25, 0.3) is 5.56 Å².